The molecule has 1 N–H and O–H groups in total. The predicted molar refractivity (Wildman–Crippen MR) is 108 cm³/mol. The van der Waals surface area contributed by atoms with Crippen molar-refractivity contribution in [2.24, 2.45) is 0 Å². The normalized spacial score (nSPS) is 16.8. The molecule has 3 aromatic rings. The van der Waals surface area contributed by atoms with Crippen LogP contribution in [0.5, 0.6) is 0 Å². The zero-order chi connectivity index (χ0) is 20.4. The lowest BCUT2D eigenvalue weighted by Gasteiger charge is -2.15. The molecule has 1 fully saturated rings. The van der Waals surface area contributed by atoms with Gasteiger partial charge in [0.25, 0.3) is 5.56 Å². The number of rotatable bonds is 7. The Morgan fingerprint density at radius 1 is 1.17 bits per heavy atom. The Balaban J connectivity index is 1.78. The Labute approximate surface area is 168 Å². The quantitative estimate of drug-likeness (QED) is 0.658. The van der Waals surface area contributed by atoms with Gasteiger partial charge in [-0.15, -0.1) is 0 Å². The molecular weight excluding hydrogens is 372 g/mol. The van der Waals surface area contributed by atoms with Crippen LogP contribution >= 0.6 is 0 Å². The lowest BCUT2D eigenvalue weighted by molar-refractivity contribution is -0.128. The molecular formula is C21H24N4O4. The second-order valence-corrected chi connectivity index (χ2v) is 7.18. The molecule has 8 heteroatoms. The third kappa shape index (κ3) is 3.68. The van der Waals surface area contributed by atoms with Crippen LogP contribution in [0.1, 0.15) is 23.7 Å². The number of nitrogens with one attached hydrogen (secondary N) is 1. The number of benzene rings is 1. The van der Waals surface area contributed by atoms with Crippen molar-refractivity contribution in [2.75, 3.05) is 33.9 Å². The van der Waals surface area contributed by atoms with Crippen LogP contribution in [-0.2, 0) is 20.9 Å². The van der Waals surface area contributed by atoms with Crippen LogP contribution in [0.15, 0.2) is 41.2 Å². The van der Waals surface area contributed by atoms with Crippen LogP contribution in [0, 0.1) is 0 Å². The molecule has 1 amide bonds. The van der Waals surface area contributed by atoms with Gasteiger partial charge in [0.05, 0.1) is 24.6 Å². The molecule has 0 unspecified atom stereocenters. The van der Waals surface area contributed by atoms with E-state index in [0.717, 1.165) is 16.8 Å². The van der Waals surface area contributed by atoms with Gasteiger partial charge in [-0.2, -0.15) is 0 Å². The number of methoxy groups -OCH3 is 2. The third-order valence-corrected chi connectivity index (χ3v) is 5.26. The minimum atomic E-state index is -0.202. The number of carbonyl (C=O) groups is 1. The lowest BCUT2D eigenvalue weighted by atomic mass is 10.0. The Hall–Kier alpha value is -2.97. The third-order valence-electron chi connectivity index (χ3n) is 5.26. The fraction of sp³-hybridized carbons (Fsp3) is 0.381. The lowest BCUT2D eigenvalue weighted by Crippen LogP contribution is -2.28. The van der Waals surface area contributed by atoms with Gasteiger partial charge in [-0.1, -0.05) is 30.3 Å². The number of aromatic nitrogens is 3. The first-order chi connectivity index (χ1) is 14.1. The topological polar surface area (TPSA) is 88.9 Å². The van der Waals surface area contributed by atoms with Gasteiger partial charge in [0.15, 0.2) is 5.65 Å². The van der Waals surface area contributed by atoms with Gasteiger partial charge < -0.3 is 14.4 Å². The summed E-state index contributed by atoms with van der Waals surface area (Å²) in [7, 11) is 3.23. The van der Waals surface area contributed by atoms with E-state index >= 15 is 0 Å². The summed E-state index contributed by atoms with van der Waals surface area (Å²) in [6, 6.07) is 11.3. The number of fused-ring (bicyclic) bond motifs is 1. The summed E-state index contributed by atoms with van der Waals surface area (Å²) >= 11 is 0. The molecule has 2 aromatic heterocycles. The van der Waals surface area contributed by atoms with E-state index in [-0.39, 0.29) is 17.4 Å². The number of ether oxygens (including phenoxy) is 2. The molecule has 3 heterocycles. The monoisotopic (exact) mass is 396 g/mol. The molecule has 0 radical (unpaired) electrons. The van der Waals surface area contributed by atoms with Gasteiger partial charge in [0, 0.05) is 51.3 Å². The van der Waals surface area contributed by atoms with Crippen molar-refractivity contribution in [1.29, 1.82) is 0 Å². The minimum absolute atomic E-state index is 0.0615. The maximum Gasteiger partial charge on any atom is 0.272 e. The molecule has 1 saturated heterocycles. The standard InChI is InChI=1S/C21H24N4O4/c1-28-9-8-24-12-15(10-18(24)26)16-11-19(27)25-21(22-16)20(17(23-25)13-29-2)14-6-4-3-5-7-14/h3-7,11,15,23H,8-10,12-13H2,1-2H3/t15-/m1/s1. The van der Waals surface area contributed by atoms with Crippen LogP contribution in [0.4, 0.5) is 0 Å². The molecule has 1 atom stereocenters. The van der Waals surface area contributed by atoms with E-state index in [1.165, 1.54) is 10.6 Å². The van der Waals surface area contributed by atoms with Crippen molar-refractivity contribution in [3.63, 3.8) is 0 Å². The summed E-state index contributed by atoms with van der Waals surface area (Å²) in [5, 5.41) is 3.12. The second-order valence-electron chi connectivity index (χ2n) is 7.18. The number of H-pyrrole nitrogens is 1. The molecule has 0 saturated carbocycles. The first kappa shape index (κ1) is 19.4. The zero-order valence-corrected chi connectivity index (χ0v) is 16.6. The highest BCUT2D eigenvalue weighted by atomic mass is 16.5. The number of hydrogen-bond acceptors (Lipinski definition) is 5. The average Bonchev–Trinajstić information content (AvgIpc) is 3.28. The average molecular weight is 396 g/mol. The molecule has 0 bridgehead atoms. The van der Waals surface area contributed by atoms with Crippen LogP contribution in [0.3, 0.4) is 0 Å². The molecule has 29 heavy (non-hydrogen) atoms. The van der Waals surface area contributed by atoms with Crippen molar-refractivity contribution in [3.8, 4) is 11.1 Å². The summed E-state index contributed by atoms with van der Waals surface area (Å²) in [5.74, 6) is -0.0482. The predicted octanol–water partition coefficient (Wildman–Crippen LogP) is 1.80. The van der Waals surface area contributed by atoms with Crippen LogP contribution in [0.2, 0.25) is 0 Å². The number of aromatic amines is 1. The van der Waals surface area contributed by atoms with Crippen LogP contribution in [-0.4, -0.2) is 59.3 Å². The van der Waals surface area contributed by atoms with Gasteiger partial charge in [0.2, 0.25) is 5.91 Å². The van der Waals surface area contributed by atoms with E-state index in [1.807, 2.05) is 30.3 Å². The first-order valence-electron chi connectivity index (χ1n) is 9.58. The maximum absolute atomic E-state index is 12.8. The van der Waals surface area contributed by atoms with E-state index < -0.39 is 0 Å². The van der Waals surface area contributed by atoms with E-state index in [1.54, 1.807) is 19.1 Å². The smallest absolute Gasteiger partial charge is 0.272 e. The Kier molecular flexibility index (Phi) is 5.46. The van der Waals surface area contributed by atoms with E-state index in [4.69, 9.17) is 14.5 Å². The Bertz CT molecular complexity index is 1070. The van der Waals surface area contributed by atoms with E-state index in [0.29, 0.717) is 44.1 Å². The summed E-state index contributed by atoms with van der Waals surface area (Å²) in [4.78, 5) is 31.7. The van der Waals surface area contributed by atoms with Gasteiger partial charge in [0.1, 0.15) is 0 Å². The summed E-state index contributed by atoms with van der Waals surface area (Å²) in [6.07, 6.45) is 0.350. The van der Waals surface area contributed by atoms with Gasteiger partial charge in [-0.25, -0.2) is 9.50 Å². The number of likely N-dealkylation sites (tertiary alicyclic amines) is 1. The van der Waals surface area contributed by atoms with Crippen molar-refractivity contribution in [3.05, 3.63) is 58.1 Å². The molecule has 4 rings (SSSR count). The molecule has 0 spiro atoms. The van der Waals surface area contributed by atoms with Gasteiger partial charge in [-0.05, 0) is 5.56 Å². The molecule has 0 aliphatic carbocycles. The summed E-state index contributed by atoms with van der Waals surface area (Å²) < 4.78 is 11.8. The largest absolute Gasteiger partial charge is 0.383 e. The highest BCUT2D eigenvalue weighted by Gasteiger charge is 2.32. The highest BCUT2D eigenvalue weighted by Crippen LogP contribution is 2.30. The van der Waals surface area contributed by atoms with Crippen LogP contribution in [0.25, 0.3) is 16.8 Å². The highest BCUT2D eigenvalue weighted by molar-refractivity contribution is 5.81. The fourth-order valence-corrected chi connectivity index (χ4v) is 3.86. The van der Waals surface area contributed by atoms with Gasteiger partial charge >= 0.3 is 0 Å². The van der Waals surface area contributed by atoms with Gasteiger partial charge in [-0.3, -0.25) is 14.7 Å². The molecule has 1 aliphatic heterocycles. The number of nitrogens with zero attached hydrogens (tertiary/aromatic N) is 3. The molecule has 1 aromatic carbocycles. The van der Waals surface area contributed by atoms with Crippen LogP contribution < -0.4 is 5.56 Å². The number of amides is 1. The van der Waals surface area contributed by atoms with E-state index in [2.05, 4.69) is 5.10 Å². The number of carbonyl (C=O) groups excluding carboxylic acids is 1. The zero-order valence-electron chi connectivity index (χ0n) is 16.6. The van der Waals surface area contributed by atoms with Crippen molar-refractivity contribution < 1.29 is 14.3 Å². The number of hydrogen-bond donors (Lipinski definition) is 1. The Morgan fingerprint density at radius 3 is 2.69 bits per heavy atom. The molecule has 1 aliphatic rings. The SMILES string of the molecule is COCCN1C[C@H](c2cc(=O)n3[nH]c(COC)c(-c4ccccc4)c3n2)CC1=O. The van der Waals surface area contributed by atoms with Crippen molar-refractivity contribution in [1.82, 2.24) is 19.5 Å². The fourth-order valence-electron chi connectivity index (χ4n) is 3.86. The first-order valence-corrected chi connectivity index (χ1v) is 9.58. The van der Waals surface area contributed by atoms with Crippen molar-refractivity contribution in [2.45, 2.75) is 18.9 Å². The Morgan fingerprint density at radius 2 is 1.97 bits per heavy atom. The summed E-state index contributed by atoms with van der Waals surface area (Å²) in [5.41, 5.74) is 3.56. The minimum Gasteiger partial charge on any atom is -0.383 e. The molecule has 8 nitrogen and oxygen atoms in total. The summed E-state index contributed by atoms with van der Waals surface area (Å²) in [6.45, 7) is 1.91. The van der Waals surface area contributed by atoms with Crippen molar-refractivity contribution >= 4 is 11.6 Å². The molecule has 152 valence electrons. The maximum atomic E-state index is 12.8. The second kappa shape index (κ2) is 8.18. The van der Waals surface area contributed by atoms with E-state index in [9.17, 15) is 9.59 Å².